The summed E-state index contributed by atoms with van der Waals surface area (Å²) in [4.78, 5) is 12.2. The molecule has 1 aromatic rings. The summed E-state index contributed by atoms with van der Waals surface area (Å²) >= 11 is 0. The normalized spacial score (nSPS) is 24.1. The van der Waals surface area contributed by atoms with Crippen LogP contribution < -0.4 is 0 Å². The lowest BCUT2D eigenvalue weighted by molar-refractivity contribution is -0.112. The standard InChI is InChI=1S/C16H16O/c1-11-15(12-7-3-2-4-8-12)13-9-5-6-10-14(13)16(11)17/h2-4,7-8,15H,1,5-6,9-10H2. The molecule has 0 saturated carbocycles. The van der Waals surface area contributed by atoms with Gasteiger partial charge in [-0.25, -0.2) is 0 Å². The second-order valence-corrected chi connectivity index (χ2v) is 4.91. The quantitative estimate of drug-likeness (QED) is 0.663. The minimum absolute atomic E-state index is 0.166. The van der Waals surface area contributed by atoms with Crippen LogP contribution in [0.1, 0.15) is 37.2 Å². The Morgan fingerprint density at radius 3 is 2.53 bits per heavy atom. The number of Topliss-reactive ketones (excluding diaryl/α,β-unsaturated/α-hetero) is 1. The highest BCUT2D eigenvalue weighted by atomic mass is 16.1. The molecule has 0 heterocycles. The van der Waals surface area contributed by atoms with E-state index in [0.29, 0.717) is 0 Å². The van der Waals surface area contributed by atoms with E-state index in [2.05, 4.69) is 18.7 Å². The van der Waals surface area contributed by atoms with Gasteiger partial charge >= 0.3 is 0 Å². The van der Waals surface area contributed by atoms with Crippen LogP contribution in [0.15, 0.2) is 53.6 Å². The van der Waals surface area contributed by atoms with E-state index in [1.54, 1.807) is 0 Å². The smallest absolute Gasteiger partial charge is 0.185 e. The average Bonchev–Trinajstić information content (AvgIpc) is 2.64. The predicted octanol–water partition coefficient (Wildman–Crippen LogP) is 3.78. The monoisotopic (exact) mass is 224 g/mol. The molecule has 0 N–H and O–H groups in total. The summed E-state index contributed by atoms with van der Waals surface area (Å²) in [5.41, 5.74) is 4.41. The summed E-state index contributed by atoms with van der Waals surface area (Å²) in [5.74, 6) is 0.382. The van der Waals surface area contributed by atoms with Crippen molar-refractivity contribution in [2.45, 2.75) is 31.6 Å². The summed E-state index contributed by atoms with van der Waals surface area (Å²) < 4.78 is 0. The van der Waals surface area contributed by atoms with Crippen LogP contribution in [0.5, 0.6) is 0 Å². The fourth-order valence-corrected chi connectivity index (χ4v) is 3.09. The van der Waals surface area contributed by atoms with Gasteiger partial charge in [0.15, 0.2) is 5.78 Å². The zero-order valence-corrected chi connectivity index (χ0v) is 9.91. The van der Waals surface area contributed by atoms with Crippen LogP contribution in [0.25, 0.3) is 0 Å². The molecule has 0 aliphatic heterocycles. The number of carbonyl (C=O) groups excluding carboxylic acids is 1. The Bertz CT molecular complexity index is 508. The number of hydrogen-bond acceptors (Lipinski definition) is 1. The fraction of sp³-hybridized carbons (Fsp3) is 0.312. The van der Waals surface area contributed by atoms with E-state index >= 15 is 0 Å². The summed E-state index contributed by atoms with van der Waals surface area (Å²) in [6, 6.07) is 10.3. The number of ketones is 1. The van der Waals surface area contributed by atoms with Crippen molar-refractivity contribution in [2.24, 2.45) is 0 Å². The summed E-state index contributed by atoms with van der Waals surface area (Å²) in [6.45, 7) is 4.03. The van der Waals surface area contributed by atoms with Gasteiger partial charge in [0.05, 0.1) is 0 Å². The Hall–Kier alpha value is -1.63. The summed E-state index contributed by atoms with van der Waals surface area (Å²) in [5, 5.41) is 0. The first-order valence-corrected chi connectivity index (χ1v) is 6.29. The molecular formula is C16H16O. The van der Waals surface area contributed by atoms with Crippen LogP contribution >= 0.6 is 0 Å². The molecule has 0 saturated heterocycles. The topological polar surface area (TPSA) is 17.1 Å². The molecule has 1 atom stereocenters. The fourth-order valence-electron chi connectivity index (χ4n) is 3.09. The van der Waals surface area contributed by atoms with Gasteiger partial charge in [-0.15, -0.1) is 0 Å². The van der Waals surface area contributed by atoms with E-state index in [1.807, 2.05) is 18.2 Å². The first kappa shape index (κ1) is 10.5. The highest BCUT2D eigenvalue weighted by molar-refractivity contribution is 6.13. The van der Waals surface area contributed by atoms with Crippen LogP contribution in [-0.4, -0.2) is 5.78 Å². The highest BCUT2D eigenvalue weighted by Gasteiger charge is 2.37. The van der Waals surface area contributed by atoms with Crippen LogP contribution in [0.3, 0.4) is 0 Å². The van der Waals surface area contributed by atoms with E-state index in [-0.39, 0.29) is 11.7 Å². The van der Waals surface area contributed by atoms with Gasteiger partial charge in [0.2, 0.25) is 0 Å². The molecule has 0 radical (unpaired) electrons. The van der Waals surface area contributed by atoms with Gasteiger partial charge in [0.25, 0.3) is 0 Å². The SMILES string of the molecule is C=C1C(=O)C2=C(CCCC2)C1c1ccccc1. The van der Waals surface area contributed by atoms with E-state index in [4.69, 9.17) is 0 Å². The Morgan fingerprint density at radius 2 is 1.76 bits per heavy atom. The third-order valence-corrected chi connectivity index (χ3v) is 3.91. The van der Waals surface area contributed by atoms with Gasteiger partial charge in [-0.3, -0.25) is 4.79 Å². The van der Waals surface area contributed by atoms with Crippen molar-refractivity contribution in [1.82, 2.24) is 0 Å². The van der Waals surface area contributed by atoms with Crippen molar-refractivity contribution in [3.8, 4) is 0 Å². The summed E-state index contributed by atoms with van der Waals surface area (Å²) in [6.07, 6.45) is 4.39. The predicted molar refractivity (Wildman–Crippen MR) is 68.8 cm³/mol. The lowest BCUT2D eigenvalue weighted by atomic mass is 9.85. The largest absolute Gasteiger partial charge is 0.289 e. The molecule has 0 spiro atoms. The molecule has 0 fully saturated rings. The van der Waals surface area contributed by atoms with Gasteiger partial charge in [-0.1, -0.05) is 42.5 Å². The van der Waals surface area contributed by atoms with E-state index < -0.39 is 0 Å². The Kier molecular flexibility index (Phi) is 2.47. The van der Waals surface area contributed by atoms with Crippen LogP contribution in [0, 0.1) is 0 Å². The number of benzene rings is 1. The van der Waals surface area contributed by atoms with E-state index in [1.165, 1.54) is 17.6 Å². The Morgan fingerprint density at radius 1 is 1.06 bits per heavy atom. The van der Waals surface area contributed by atoms with Crippen molar-refractivity contribution in [3.05, 3.63) is 59.2 Å². The molecule has 2 aliphatic rings. The maximum atomic E-state index is 12.2. The maximum Gasteiger partial charge on any atom is 0.185 e. The molecule has 86 valence electrons. The van der Waals surface area contributed by atoms with Crippen LogP contribution in [0.4, 0.5) is 0 Å². The zero-order chi connectivity index (χ0) is 11.8. The number of carbonyl (C=O) groups is 1. The second-order valence-electron chi connectivity index (χ2n) is 4.91. The van der Waals surface area contributed by atoms with Crippen LogP contribution in [-0.2, 0) is 4.79 Å². The maximum absolute atomic E-state index is 12.2. The molecule has 1 nitrogen and oxygen atoms in total. The van der Waals surface area contributed by atoms with Gasteiger partial charge in [-0.05, 0) is 36.8 Å². The molecule has 1 unspecified atom stereocenters. The second kappa shape index (κ2) is 3.99. The Balaban J connectivity index is 2.08. The number of allylic oxidation sites excluding steroid dienone is 3. The third-order valence-electron chi connectivity index (χ3n) is 3.91. The Labute approximate surface area is 102 Å². The van der Waals surface area contributed by atoms with Crippen molar-refractivity contribution >= 4 is 5.78 Å². The van der Waals surface area contributed by atoms with Crippen LogP contribution in [0.2, 0.25) is 0 Å². The highest BCUT2D eigenvalue weighted by Crippen LogP contribution is 2.46. The lowest BCUT2D eigenvalue weighted by Gasteiger charge is -2.19. The van der Waals surface area contributed by atoms with Gasteiger partial charge in [0.1, 0.15) is 0 Å². The van der Waals surface area contributed by atoms with Crippen molar-refractivity contribution in [1.29, 1.82) is 0 Å². The molecule has 2 aliphatic carbocycles. The van der Waals surface area contributed by atoms with Gasteiger partial charge < -0.3 is 0 Å². The van der Waals surface area contributed by atoms with Crippen molar-refractivity contribution in [2.75, 3.05) is 0 Å². The third kappa shape index (κ3) is 1.57. The lowest BCUT2D eigenvalue weighted by Crippen LogP contribution is -2.03. The molecule has 1 aromatic carbocycles. The van der Waals surface area contributed by atoms with Gasteiger partial charge in [0, 0.05) is 11.5 Å². The van der Waals surface area contributed by atoms with E-state index in [0.717, 1.165) is 30.4 Å². The molecule has 1 heteroatoms. The molecule has 17 heavy (non-hydrogen) atoms. The molecule has 0 bridgehead atoms. The average molecular weight is 224 g/mol. The molecule has 0 amide bonds. The number of hydrogen-bond donors (Lipinski definition) is 0. The molecule has 0 aromatic heterocycles. The zero-order valence-electron chi connectivity index (χ0n) is 9.91. The minimum atomic E-state index is 0.166. The molecule has 3 rings (SSSR count). The molecular weight excluding hydrogens is 208 g/mol. The van der Waals surface area contributed by atoms with E-state index in [9.17, 15) is 4.79 Å². The first-order chi connectivity index (χ1) is 8.29. The minimum Gasteiger partial charge on any atom is -0.289 e. The van der Waals surface area contributed by atoms with Crippen molar-refractivity contribution in [3.63, 3.8) is 0 Å². The summed E-state index contributed by atoms with van der Waals surface area (Å²) in [7, 11) is 0. The number of rotatable bonds is 1. The van der Waals surface area contributed by atoms with Gasteiger partial charge in [-0.2, -0.15) is 0 Å². The first-order valence-electron chi connectivity index (χ1n) is 6.29. The van der Waals surface area contributed by atoms with Crippen molar-refractivity contribution < 1.29 is 4.79 Å².